The van der Waals surface area contributed by atoms with E-state index in [0.29, 0.717) is 5.75 Å². The highest BCUT2D eigenvalue weighted by atomic mass is 32.2. The van der Waals surface area contributed by atoms with Gasteiger partial charge in [-0.05, 0) is 38.3 Å². The van der Waals surface area contributed by atoms with Gasteiger partial charge in [-0.15, -0.1) is 0 Å². The van der Waals surface area contributed by atoms with Crippen molar-refractivity contribution in [3.05, 3.63) is 41.3 Å². The maximum absolute atomic E-state index is 12.2. The Labute approximate surface area is 134 Å². The summed E-state index contributed by atoms with van der Waals surface area (Å²) in [6.07, 6.45) is 4.86. The van der Waals surface area contributed by atoms with E-state index < -0.39 is 0 Å². The number of carbonyl (C=O) groups excluding carboxylic acids is 1. The molecule has 1 aliphatic rings. The van der Waals surface area contributed by atoms with Crippen molar-refractivity contribution in [1.29, 1.82) is 0 Å². The van der Waals surface area contributed by atoms with Gasteiger partial charge in [-0.2, -0.15) is 5.10 Å². The first-order valence-electron chi connectivity index (χ1n) is 7.50. The number of rotatable bonds is 4. The summed E-state index contributed by atoms with van der Waals surface area (Å²) < 4.78 is 1.95. The van der Waals surface area contributed by atoms with E-state index >= 15 is 0 Å². The zero-order chi connectivity index (χ0) is 15.5. The fourth-order valence-corrected chi connectivity index (χ4v) is 3.71. The molecular weight excluding hydrogens is 296 g/mol. The number of nitrogens with zero attached hydrogens (tertiary/aromatic N) is 3. The first kappa shape index (κ1) is 15.1. The Kier molecular flexibility index (Phi) is 4.47. The molecule has 0 spiro atoms. The maximum Gasteiger partial charge on any atom is 0.230 e. The molecule has 6 heteroatoms. The van der Waals surface area contributed by atoms with Crippen molar-refractivity contribution in [1.82, 2.24) is 20.1 Å². The molecule has 2 aromatic rings. The molecule has 1 aliphatic carbocycles. The summed E-state index contributed by atoms with van der Waals surface area (Å²) in [5.41, 5.74) is 3.50. The van der Waals surface area contributed by atoms with Crippen LogP contribution >= 0.6 is 11.8 Å². The summed E-state index contributed by atoms with van der Waals surface area (Å²) in [5, 5.41) is 8.53. The summed E-state index contributed by atoms with van der Waals surface area (Å²) in [7, 11) is 1.98. The van der Waals surface area contributed by atoms with Gasteiger partial charge >= 0.3 is 0 Å². The Morgan fingerprint density at radius 1 is 1.50 bits per heavy atom. The first-order chi connectivity index (χ1) is 10.6. The van der Waals surface area contributed by atoms with Crippen LogP contribution in [0.15, 0.2) is 29.4 Å². The summed E-state index contributed by atoms with van der Waals surface area (Å²) >= 11 is 1.46. The van der Waals surface area contributed by atoms with Crippen molar-refractivity contribution in [3.63, 3.8) is 0 Å². The number of hydrogen-bond acceptors (Lipinski definition) is 4. The number of nitrogens with one attached hydrogen (secondary N) is 1. The molecule has 22 heavy (non-hydrogen) atoms. The second-order valence-electron chi connectivity index (χ2n) is 5.54. The molecule has 5 nitrogen and oxygen atoms in total. The average Bonchev–Trinajstić information content (AvgIpc) is 2.82. The van der Waals surface area contributed by atoms with Crippen LogP contribution in [0.25, 0.3) is 0 Å². The van der Waals surface area contributed by atoms with Crippen LogP contribution in [0.1, 0.15) is 35.8 Å². The van der Waals surface area contributed by atoms with Crippen LogP contribution in [0.4, 0.5) is 0 Å². The third-order valence-corrected chi connectivity index (χ3v) is 4.91. The molecule has 0 fully saturated rings. The minimum absolute atomic E-state index is 0.0526. The van der Waals surface area contributed by atoms with Crippen LogP contribution in [0.3, 0.4) is 0 Å². The summed E-state index contributed by atoms with van der Waals surface area (Å²) in [4.78, 5) is 16.4. The van der Waals surface area contributed by atoms with Crippen molar-refractivity contribution in [2.24, 2.45) is 7.05 Å². The summed E-state index contributed by atoms with van der Waals surface area (Å²) in [5.74, 6) is 0.444. The lowest BCUT2D eigenvalue weighted by atomic mass is 9.91. The van der Waals surface area contributed by atoms with Crippen LogP contribution < -0.4 is 5.32 Å². The average molecular weight is 316 g/mol. The molecule has 0 bridgehead atoms. The predicted octanol–water partition coefficient (Wildman–Crippen LogP) is 2.41. The Morgan fingerprint density at radius 3 is 3.14 bits per heavy atom. The number of thioether (sulfide) groups is 1. The number of pyridine rings is 1. The van der Waals surface area contributed by atoms with Gasteiger partial charge in [-0.25, -0.2) is 4.98 Å². The van der Waals surface area contributed by atoms with E-state index in [-0.39, 0.29) is 11.9 Å². The molecule has 1 atom stereocenters. The van der Waals surface area contributed by atoms with E-state index in [2.05, 4.69) is 15.4 Å². The Bertz CT molecular complexity index is 668. The molecule has 3 rings (SSSR count). The lowest BCUT2D eigenvalue weighted by Gasteiger charge is -2.24. The molecule has 0 aliphatic heterocycles. The second kappa shape index (κ2) is 6.52. The number of hydrogen-bond donors (Lipinski definition) is 1. The van der Waals surface area contributed by atoms with Crippen molar-refractivity contribution in [3.8, 4) is 0 Å². The van der Waals surface area contributed by atoms with Gasteiger partial charge in [0.2, 0.25) is 5.91 Å². The van der Waals surface area contributed by atoms with Crippen molar-refractivity contribution in [2.75, 3.05) is 5.75 Å². The van der Waals surface area contributed by atoms with Crippen LogP contribution in [0.2, 0.25) is 0 Å². The number of aryl methyl sites for hydroxylation is 2. The van der Waals surface area contributed by atoms with Gasteiger partial charge in [-0.1, -0.05) is 17.8 Å². The monoisotopic (exact) mass is 316 g/mol. The molecule has 1 amide bonds. The van der Waals surface area contributed by atoms with Gasteiger partial charge in [-0.3, -0.25) is 9.48 Å². The summed E-state index contributed by atoms with van der Waals surface area (Å²) in [6.45, 7) is 2.02. The molecule has 1 unspecified atom stereocenters. The zero-order valence-corrected chi connectivity index (χ0v) is 13.7. The van der Waals surface area contributed by atoms with Gasteiger partial charge in [0.05, 0.1) is 22.5 Å². The lowest BCUT2D eigenvalue weighted by molar-refractivity contribution is -0.119. The predicted molar refractivity (Wildman–Crippen MR) is 86.7 cm³/mol. The molecule has 0 aromatic carbocycles. The molecular formula is C16H20N4OS. The van der Waals surface area contributed by atoms with Crippen molar-refractivity contribution in [2.45, 2.75) is 37.3 Å². The molecule has 2 aromatic heterocycles. The number of amides is 1. The first-order valence-corrected chi connectivity index (χ1v) is 8.49. The molecule has 0 saturated carbocycles. The number of fused-ring (bicyclic) bond motifs is 1. The van der Waals surface area contributed by atoms with E-state index in [1.807, 2.05) is 36.9 Å². The van der Waals surface area contributed by atoms with E-state index in [1.54, 1.807) is 6.20 Å². The van der Waals surface area contributed by atoms with Crippen LogP contribution in [0.5, 0.6) is 0 Å². The topological polar surface area (TPSA) is 59.8 Å². The quantitative estimate of drug-likeness (QED) is 0.880. The largest absolute Gasteiger partial charge is 0.348 e. The summed E-state index contributed by atoms with van der Waals surface area (Å²) in [6, 6.07) is 5.81. The Hall–Kier alpha value is -1.82. The molecule has 0 saturated heterocycles. The standard InChI is InChI=1S/C16H20N4OS/c1-11-16-12(6-5-7-13(16)20(2)19-11)18-14(21)10-22-15-8-3-4-9-17-15/h3-4,8-9,12H,5-7,10H2,1-2H3,(H,18,21). The second-order valence-corrected chi connectivity index (χ2v) is 6.53. The third-order valence-electron chi connectivity index (χ3n) is 3.97. The van der Waals surface area contributed by atoms with Gasteiger partial charge in [0.25, 0.3) is 0 Å². The van der Waals surface area contributed by atoms with Crippen LogP contribution in [-0.2, 0) is 18.3 Å². The maximum atomic E-state index is 12.2. The van der Waals surface area contributed by atoms with Crippen molar-refractivity contribution >= 4 is 17.7 Å². The van der Waals surface area contributed by atoms with Gasteiger partial charge in [0.15, 0.2) is 0 Å². The van der Waals surface area contributed by atoms with E-state index in [9.17, 15) is 4.79 Å². The highest BCUT2D eigenvalue weighted by molar-refractivity contribution is 7.99. The van der Waals surface area contributed by atoms with E-state index in [0.717, 1.165) is 30.0 Å². The molecule has 116 valence electrons. The Morgan fingerprint density at radius 2 is 2.36 bits per heavy atom. The number of carbonyl (C=O) groups is 1. The fraction of sp³-hybridized carbons (Fsp3) is 0.438. The van der Waals surface area contributed by atoms with Crippen LogP contribution in [-0.4, -0.2) is 26.4 Å². The minimum Gasteiger partial charge on any atom is -0.348 e. The van der Waals surface area contributed by atoms with Gasteiger partial charge < -0.3 is 5.32 Å². The number of aromatic nitrogens is 3. The lowest BCUT2D eigenvalue weighted by Crippen LogP contribution is -2.32. The van der Waals surface area contributed by atoms with Crippen molar-refractivity contribution < 1.29 is 4.79 Å². The zero-order valence-electron chi connectivity index (χ0n) is 12.9. The minimum atomic E-state index is 0.0526. The molecule has 0 radical (unpaired) electrons. The van der Waals surface area contributed by atoms with Gasteiger partial charge in [0, 0.05) is 24.5 Å². The van der Waals surface area contributed by atoms with E-state index in [4.69, 9.17) is 0 Å². The van der Waals surface area contributed by atoms with Gasteiger partial charge in [0.1, 0.15) is 0 Å². The Balaban J connectivity index is 1.63. The molecule has 2 heterocycles. The SMILES string of the molecule is Cc1nn(C)c2c1C(NC(=O)CSc1ccccn1)CCC2. The smallest absolute Gasteiger partial charge is 0.230 e. The normalized spacial score (nSPS) is 17.1. The fourth-order valence-electron chi connectivity index (χ4n) is 3.04. The van der Waals surface area contributed by atoms with E-state index in [1.165, 1.54) is 23.0 Å². The molecule has 1 N–H and O–H groups in total. The highest BCUT2D eigenvalue weighted by Gasteiger charge is 2.27. The third kappa shape index (κ3) is 3.16. The highest BCUT2D eigenvalue weighted by Crippen LogP contribution is 2.31. The van der Waals surface area contributed by atoms with Crippen LogP contribution in [0, 0.1) is 6.92 Å².